The Hall–Kier alpha value is -1.09. The van der Waals surface area contributed by atoms with E-state index in [1.807, 2.05) is 0 Å². The number of nitrogens with zero attached hydrogens (tertiary/aromatic N) is 2. The molecule has 23 heavy (non-hydrogen) atoms. The Morgan fingerprint density at radius 3 is 2.17 bits per heavy atom. The van der Waals surface area contributed by atoms with Crippen molar-refractivity contribution in [2.24, 2.45) is 4.99 Å². The fourth-order valence-electron chi connectivity index (χ4n) is 1.56. The predicted molar refractivity (Wildman–Crippen MR) is 79.8 cm³/mol. The number of rotatable bonds is 3. The molecule has 0 aliphatic heterocycles. The molecule has 0 atom stereocenters. The van der Waals surface area contributed by atoms with E-state index in [2.05, 4.69) is 4.99 Å². The Kier molecular flexibility index (Phi) is 6.25. The smallest absolute Gasteiger partial charge is 0.359 e. The van der Waals surface area contributed by atoms with Crippen LogP contribution in [0.5, 0.6) is 0 Å². The van der Waals surface area contributed by atoms with Gasteiger partial charge in [-0.2, -0.15) is 26.3 Å². The number of amidine groups is 1. The molecule has 1 aromatic rings. The van der Waals surface area contributed by atoms with Gasteiger partial charge in [-0.25, -0.2) is 4.99 Å². The Bertz CT molecular complexity index is 595. The van der Waals surface area contributed by atoms with E-state index in [0.717, 1.165) is 11.0 Å². The van der Waals surface area contributed by atoms with Crippen molar-refractivity contribution < 1.29 is 26.3 Å². The maximum Gasteiger partial charge on any atom is 0.449 e. The summed E-state index contributed by atoms with van der Waals surface area (Å²) in [5.41, 5.74) is 0.245. The first-order valence-corrected chi connectivity index (χ1v) is 7.50. The van der Waals surface area contributed by atoms with E-state index < -0.39 is 23.9 Å². The molecule has 130 valence electrons. The number of aliphatic imine (C=N–C) groups is 1. The van der Waals surface area contributed by atoms with Crippen molar-refractivity contribution in [2.75, 3.05) is 19.8 Å². The molecule has 1 rings (SSSR count). The number of hydrogen-bond donors (Lipinski definition) is 0. The van der Waals surface area contributed by atoms with Gasteiger partial charge < -0.3 is 4.90 Å². The summed E-state index contributed by atoms with van der Waals surface area (Å²) in [6.07, 6.45) is -9.10. The molecule has 0 bridgehead atoms. The van der Waals surface area contributed by atoms with Gasteiger partial charge in [-0.05, 0) is 24.6 Å². The molecule has 2 nitrogen and oxygen atoms in total. The van der Waals surface area contributed by atoms with Crippen LogP contribution in [0.4, 0.5) is 32.0 Å². The number of benzene rings is 1. The van der Waals surface area contributed by atoms with E-state index in [-0.39, 0.29) is 15.6 Å². The monoisotopic (exact) mass is 378 g/mol. The lowest BCUT2D eigenvalue weighted by molar-refractivity contribution is -0.105. The molecule has 0 radical (unpaired) electrons. The third-order valence-electron chi connectivity index (χ3n) is 2.55. The predicted octanol–water partition coefficient (Wildman–Crippen LogP) is 5.46. The van der Waals surface area contributed by atoms with Gasteiger partial charge in [0.1, 0.15) is 0 Å². The van der Waals surface area contributed by atoms with E-state index in [9.17, 15) is 26.3 Å². The Morgan fingerprint density at radius 1 is 1.17 bits per heavy atom. The van der Waals surface area contributed by atoms with Crippen LogP contribution in [0, 0.1) is 6.92 Å². The zero-order valence-corrected chi connectivity index (χ0v) is 13.9. The minimum atomic E-state index is -4.69. The van der Waals surface area contributed by atoms with Gasteiger partial charge in [0.25, 0.3) is 0 Å². The largest absolute Gasteiger partial charge is 0.449 e. The second kappa shape index (κ2) is 7.21. The van der Waals surface area contributed by atoms with Crippen LogP contribution in [0.1, 0.15) is 5.56 Å². The molecule has 1 aromatic carbocycles. The zero-order chi connectivity index (χ0) is 18.0. The van der Waals surface area contributed by atoms with Gasteiger partial charge >= 0.3 is 12.4 Å². The molecule has 0 saturated heterocycles. The molecule has 0 aliphatic rings. The van der Waals surface area contributed by atoms with Gasteiger partial charge in [0.05, 0.1) is 16.5 Å². The molecule has 0 saturated carbocycles. The SMILES string of the molecule is Cc1cc(Cl)c(SCC(F)(F)F)cc1N=C(N(C)C)C(F)(F)F. The van der Waals surface area contributed by atoms with Gasteiger partial charge in [-0.1, -0.05) is 11.6 Å². The quantitative estimate of drug-likeness (QED) is 0.300. The summed E-state index contributed by atoms with van der Waals surface area (Å²) in [5.74, 6) is -2.35. The Morgan fingerprint density at radius 2 is 1.74 bits per heavy atom. The van der Waals surface area contributed by atoms with Crippen LogP contribution in [-0.4, -0.2) is 42.9 Å². The van der Waals surface area contributed by atoms with Crippen LogP contribution in [0.2, 0.25) is 5.02 Å². The highest BCUT2D eigenvalue weighted by Crippen LogP contribution is 2.37. The van der Waals surface area contributed by atoms with Crippen molar-refractivity contribution in [1.82, 2.24) is 4.90 Å². The van der Waals surface area contributed by atoms with Crippen LogP contribution in [-0.2, 0) is 0 Å². The highest BCUT2D eigenvalue weighted by atomic mass is 35.5. The molecule has 0 aliphatic carbocycles. The minimum Gasteiger partial charge on any atom is -0.359 e. The first kappa shape index (κ1) is 20.0. The molecule has 0 N–H and O–H groups in total. The number of hydrogen-bond acceptors (Lipinski definition) is 2. The Balaban J connectivity index is 3.26. The molecule has 10 heteroatoms. The topological polar surface area (TPSA) is 15.6 Å². The summed E-state index contributed by atoms with van der Waals surface area (Å²) < 4.78 is 75.6. The van der Waals surface area contributed by atoms with Crippen molar-refractivity contribution >= 4 is 34.9 Å². The van der Waals surface area contributed by atoms with Gasteiger partial charge in [-0.3, -0.25) is 0 Å². The summed E-state index contributed by atoms with van der Waals surface area (Å²) in [7, 11) is 2.35. The fourth-order valence-corrected chi connectivity index (χ4v) is 2.66. The highest BCUT2D eigenvalue weighted by Gasteiger charge is 2.37. The number of alkyl halides is 6. The molecule has 0 aromatic heterocycles. The van der Waals surface area contributed by atoms with Gasteiger partial charge in [0.2, 0.25) is 5.84 Å². The summed E-state index contributed by atoms with van der Waals surface area (Å²) in [5, 5.41) is 0.0362. The van der Waals surface area contributed by atoms with E-state index >= 15 is 0 Å². The third kappa shape index (κ3) is 6.14. The van der Waals surface area contributed by atoms with Crippen molar-refractivity contribution in [3.63, 3.8) is 0 Å². The van der Waals surface area contributed by atoms with Crippen LogP contribution in [0.3, 0.4) is 0 Å². The summed E-state index contributed by atoms with van der Waals surface area (Å²) in [6.45, 7) is 1.48. The molecule has 0 spiro atoms. The first-order chi connectivity index (χ1) is 10.3. The lowest BCUT2D eigenvalue weighted by Gasteiger charge is -2.19. The van der Waals surface area contributed by atoms with E-state index in [1.165, 1.54) is 27.1 Å². The standard InChI is InChI=1S/C13H13ClF6N2S/c1-7-4-8(14)10(23-6-12(15,16)17)5-9(7)21-11(22(2)3)13(18,19)20/h4-5H,6H2,1-3H3. The third-order valence-corrected chi connectivity index (χ3v) is 4.09. The highest BCUT2D eigenvalue weighted by molar-refractivity contribution is 7.99. The van der Waals surface area contributed by atoms with Crippen LogP contribution in [0.15, 0.2) is 22.0 Å². The molecular formula is C13H13ClF6N2S. The normalized spacial score (nSPS) is 13.4. The second-order valence-corrected chi connectivity index (χ2v) is 6.22. The Labute approximate surface area is 138 Å². The average molecular weight is 379 g/mol. The summed E-state index contributed by atoms with van der Waals surface area (Å²) in [4.78, 5) is 4.35. The van der Waals surface area contributed by atoms with E-state index in [4.69, 9.17) is 11.6 Å². The lowest BCUT2D eigenvalue weighted by atomic mass is 10.2. The molecule has 0 unspecified atom stereocenters. The second-order valence-electron chi connectivity index (χ2n) is 4.80. The number of aryl methyl sites for hydroxylation is 1. The maximum absolute atomic E-state index is 12.9. The van der Waals surface area contributed by atoms with Gasteiger partial charge in [-0.15, -0.1) is 11.8 Å². The van der Waals surface area contributed by atoms with Crippen LogP contribution in [0.25, 0.3) is 0 Å². The maximum atomic E-state index is 12.9. The number of halogens is 7. The van der Waals surface area contributed by atoms with Crippen LogP contribution < -0.4 is 0 Å². The van der Waals surface area contributed by atoms with Crippen molar-refractivity contribution in [3.05, 3.63) is 22.7 Å². The van der Waals surface area contributed by atoms with Crippen LogP contribution >= 0.6 is 23.4 Å². The fraction of sp³-hybridized carbons (Fsp3) is 0.462. The molecule has 0 fully saturated rings. The summed E-state index contributed by atoms with van der Waals surface area (Å²) in [6, 6.07) is 2.42. The van der Waals surface area contributed by atoms with Gasteiger partial charge in [0, 0.05) is 19.0 Å². The van der Waals surface area contributed by atoms with Crippen molar-refractivity contribution in [3.8, 4) is 0 Å². The van der Waals surface area contributed by atoms with Gasteiger partial charge in [0.15, 0.2) is 0 Å². The zero-order valence-electron chi connectivity index (χ0n) is 12.3. The minimum absolute atomic E-state index is 0.0219. The molecule has 0 heterocycles. The van der Waals surface area contributed by atoms with Crippen molar-refractivity contribution in [2.45, 2.75) is 24.2 Å². The van der Waals surface area contributed by atoms with E-state index in [0.29, 0.717) is 17.3 Å². The lowest BCUT2D eigenvalue weighted by Crippen LogP contribution is -2.35. The number of thioether (sulfide) groups is 1. The average Bonchev–Trinajstić information content (AvgIpc) is 2.33. The van der Waals surface area contributed by atoms with E-state index in [1.54, 1.807) is 0 Å². The van der Waals surface area contributed by atoms with Crippen molar-refractivity contribution in [1.29, 1.82) is 0 Å². The summed E-state index contributed by atoms with van der Waals surface area (Å²) >= 11 is 6.25. The first-order valence-electron chi connectivity index (χ1n) is 6.14. The molecule has 0 amide bonds. The molecular weight excluding hydrogens is 366 g/mol.